The van der Waals surface area contributed by atoms with Crippen LogP contribution in [-0.4, -0.2) is 31.7 Å². The summed E-state index contributed by atoms with van der Waals surface area (Å²) >= 11 is 8.91. The molecule has 0 amide bonds. The van der Waals surface area contributed by atoms with E-state index in [0.29, 0.717) is 0 Å². The number of benzene rings is 1. The summed E-state index contributed by atoms with van der Waals surface area (Å²) < 4.78 is 26.3. The van der Waals surface area contributed by atoms with Gasteiger partial charge in [0, 0.05) is 23.4 Å². The van der Waals surface area contributed by atoms with Gasteiger partial charge < -0.3 is 0 Å². The molecule has 16 heavy (non-hydrogen) atoms. The van der Waals surface area contributed by atoms with Gasteiger partial charge in [-0.15, -0.1) is 11.6 Å². The zero-order valence-corrected chi connectivity index (χ0v) is 12.2. The molecule has 3 nitrogen and oxygen atoms in total. The average Bonchev–Trinajstić information content (AvgIpc) is 2.27. The Morgan fingerprint density at radius 3 is 2.62 bits per heavy atom. The Morgan fingerprint density at radius 1 is 1.50 bits per heavy atom. The lowest BCUT2D eigenvalue weighted by Crippen LogP contribution is -2.36. The standard InChI is InChI=1S/C10H13BrClNO2S/c1-8(7-12)13(2)16(14,15)10-5-3-4-9(11)6-10/h3-6,8H,7H2,1-2H3. The van der Waals surface area contributed by atoms with Gasteiger partial charge in [0.1, 0.15) is 0 Å². The Labute approximate surface area is 110 Å². The van der Waals surface area contributed by atoms with E-state index in [2.05, 4.69) is 15.9 Å². The molecule has 0 aromatic heterocycles. The van der Waals surface area contributed by atoms with Crippen molar-refractivity contribution in [2.45, 2.75) is 17.9 Å². The van der Waals surface area contributed by atoms with Crippen molar-refractivity contribution < 1.29 is 8.42 Å². The van der Waals surface area contributed by atoms with Gasteiger partial charge in [-0.1, -0.05) is 22.0 Å². The van der Waals surface area contributed by atoms with Gasteiger partial charge in [0.15, 0.2) is 0 Å². The van der Waals surface area contributed by atoms with Gasteiger partial charge in [0.2, 0.25) is 10.0 Å². The van der Waals surface area contributed by atoms with Crippen LogP contribution in [0.5, 0.6) is 0 Å². The Bertz CT molecular complexity index is 464. The summed E-state index contributed by atoms with van der Waals surface area (Å²) in [5, 5.41) is 0. The second-order valence-electron chi connectivity index (χ2n) is 3.48. The van der Waals surface area contributed by atoms with Crippen molar-refractivity contribution >= 4 is 37.6 Å². The van der Waals surface area contributed by atoms with Crippen LogP contribution in [0.25, 0.3) is 0 Å². The van der Waals surface area contributed by atoms with Crippen molar-refractivity contribution in [2.75, 3.05) is 12.9 Å². The van der Waals surface area contributed by atoms with Gasteiger partial charge in [-0.2, -0.15) is 4.31 Å². The number of sulfonamides is 1. The highest BCUT2D eigenvalue weighted by molar-refractivity contribution is 9.10. The van der Waals surface area contributed by atoms with Crippen LogP contribution in [0.15, 0.2) is 33.6 Å². The highest BCUT2D eigenvalue weighted by Crippen LogP contribution is 2.20. The Hall–Kier alpha value is -0.100. The van der Waals surface area contributed by atoms with Crippen LogP contribution < -0.4 is 0 Å². The summed E-state index contributed by atoms with van der Waals surface area (Å²) in [4.78, 5) is 0.265. The fourth-order valence-corrected chi connectivity index (χ4v) is 3.37. The van der Waals surface area contributed by atoms with Crippen molar-refractivity contribution in [3.8, 4) is 0 Å². The summed E-state index contributed by atoms with van der Waals surface area (Å²) in [5.41, 5.74) is 0. The third-order valence-corrected chi connectivity index (χ3v) is 5.22. The highest BCUT2D eigenvalue weighted by Gasteiger charge is 2.24. The van der Waals surface area contributed by atoms with Gasteiger partial charge in [-0.25, -0.2) is 8.42 Å². The van der Waals surface area contributed by atoms with Gasteiger partial charge >= 0.3 is 0 Å². The molecule has 90 valence electrons. The monoisotopic (exact) mass is 325 g/mol. The molecule has 0 saturated heterocycles. The lowest BCUT2D eigenvalue weighted by atomic mass is 10.4. The molecule has 0 fully saturated rings. The SMILES string of the molecule is CC(CCl)N(C)S(=O)(=O)c1cccc(Br)c1. The molecule has 1 aromatic rings. The van der Waals surface area contributed by atoms with E-state index in [0.717, 1.165) is 4.47 Å². The summed E-state index contributed by atoms with van der Waals surface area (Å²) in [6.07, 6.45) is 0. The van der Waals surface area contributed by atoms with E-state index in [1.165, 1.54) is 11.4 Å². The predicted octanol–water partition coefficient (Wildman–Crippen LogP) is 2.70. The molecule has 1 unspecified atom stereocenters. The molecule has 1 aromatic carbocycles. The van der Waals surface area contributed by atoms with Crippen LogP contribution >= 0.6 is 27.5 Å². The van der Waals surface area contributed by atoms with Crippen LogP contribution in [0.1, 0.15) is 6.92 Å². The fourth-order valence-electron chi connectivity index (χ4n) is 1.13. The lowest BCUT2D eigenvalue weighted by molar-refractivity contribution is 0.413. The largest absolute Gasteiger partial charge is 0.243 e. The number of nitrogens with zero attached hydrogens (tertiary/aromatic N) is 1. The van der Waals surface area contributed by atoms with E-state index >= 15 is 0 Å². The first-order valence-electron chi connectivity index (χ1n) is 4.69. The maximum atomic E-state index is 12.1. The lowest BCUT2D eigenvalue weighted by Gasteiger charge is -2.22. The smallest absolute Gasteiger partial charge is 0.207 e. The van der Waals surface area contributed by atoms with Crippen molar-refractivity contribution in [2.24, 2.45) is 0 Å². The van der Waals surface area contributed by atoms with Crippen molar-refractivity contribution in [3.63, 3.8) is 0 Å². The molecule has 0 heterocycles. The third-order valence-electron chi connectivity index (χ3n) is 2.32. The molecule has 0 aliphatic heterocycles. The van der Waals surface area contributed by atoms with E-state index in [1.807, 2.05) is 0 Å². The molecule has 0 saturated carbocycles. The minimum Gasteiger partial charge on any atom is -0.207 e. The molecular weight excluding hydrogens is 314 g/mol. The summed E-state index contributed by atoms with van der Waals surface area (Å²) in [7, 11) is -1.92. The van der Waals surface area contributed by atoms with E-state index in [-0.39, 0.29) is 16.8 Å². The van der Waals surface area contributed by atoms with Crippen LogP contribution in [0.3, 0.4) is 0 Å². The summed E-state index contributed by atoms with van der Waals surface area (Å²) in [6, 6.07) is 6.38. The van der Waals surface area contributed by atoms with Crippen LogP contribution in [-0.2, 0) is 10.0 Å². The number of halogens is 2. The van der Waals surface area contributed by atoms with Gasteiger partial charge in [-0.3, -0.25) is 0 Å². The third kappa shape index (κ3) is 2.97. The molecule has 0 bridgehead atoms. The Morgan fingerprint density at radius 2 is 2.12 bits per heavy atom. The van der Waals surface area contributed by atoms with Gasteiger partial charge in [0.25, 0.3) is 0 Å². The molecule has 6 heteroatoms. The molecule has 0 aliphatic rings. The van der Waals surface area contributed by atoms with Crippen LogP contribution in [0, 0.1) is 0 Å². The van der Waals surface area contributed by atoms with E-state index in [4.69, 9.17) is 11.6 Å². The highest BCUT2D eigenvalue weighted by atomic mass is 79.9. The Kier molecular flexibility index (Phi) is 4.79. The fraction of sp³-hybridized carbons (Fsp3) is 0.400. The number of hydrogen-bond donors (Lipinski definition) is 0. The summed E-state index contributed by atoms with van der Waals surface area (Å²) in [5.74, 6) is 0.268. The second-order valence-corrected chi connectivity index (χ2v) is 6.70. The van der Waals surface area contributed by atoms with E-state index in [9.17, 15) is 8.42 Å². The molecular formula is C10H13BrClNO2S. The summed E-state index contributed by atoms with van der Waals surface area (Å²) in [6.45, 7) is 1.77. The van der Waals surface area contributed by atoms with Crippen LogP contribution in [0.2, 0.25) is 0 Å². The van der Waals surface area contributed by atoms with Crippen molar-refractivity contribution in [1.82, 2.24) is 4.31 Å². The van der Waals surface area contributed by atoms with E-state index < -0.39 is 10.0 Å². The quantitative estimate of drug-likeness (QED) is 0.798. The number of hydrogen-bond acceptors (Lipinski definition) is 2. The first-order valence-corrected chi connectivity index (χ1v) is 7.46. The topological polar surface area (TPSA) is 37.4 Å². The van der Waals surface area contributed by atoms with Crippen LogP contribution in [0.4, 0.5) is 0 Å². The first-order chi connectivity index (χ1) is 7.39. The van der Waals surface area contributed by atoms with E-state index in [1.54, 1.807) is 31.2 Å². The molecule has 1 rings (SSSR count). The molecule has 0 radical (unpaired) electrons. The van der Waals surface area contributed by atoms with Crippen molar-refractivity contribution in [3.05, 3.63) is 28.7 Å². The average molecular weight is 327 g/mol. The minimum atomic E-state index is -3.45. The number of alkyl halides is 1. The maximum absolute atomic E-state index is 12.1. The first kappa shape index (κ1) is 14.0. The molecule has 0 N–H and O–H groups in total. The maximum Gasteiger partial charge on any atom is 0.243 e. The minimum absolute atomic E-state index is 0.231. The zero-order chi connectivity index (χ0) is 12.3. The molecule has 0 aliphatic carbocycles. The predicted molar refractivity (Wildman–Crippen MR) is 69.3 cm³/mol. The molecule has 0 spiro atoms. The number of rotatable bonds is 4. The second kappa shape index (κ2) is 5.49. The zero-order valence-electron chi connectivity index (χ0n) is 9.02. The van der Waals surface area contributed by atoms with Gasteiger partial charge in [0.05, 0.1) is 4.90 Å². The normalized spacial score (nSPS) is 14.1. The Balaban J connectivity index is 3.12. The van der Waals surface area contributed by atoms with Crippen molar-refractivity contribution in [1.29, 1.82) is 0 Å². The van der Waals surface area contributed by atoms with Gasteiger partial charge in [-0.05, 0) is 25.1 Å². The molecule has 1 atom stereocenters.